The average molecular weight is 85.1 g/mol. The van der Waals surface area contributed by atoms with Crippen LogP contribution in [0.1, 0.15) is 6.92 Å². The van der Waals surface area contributed by atoms with Gasteiger partial charge in [-0.3, -0.25) is 0 Å². The Morgan fingerprint density at radius 2 is 2.33 bits per heavy atom. The predicted octanol–water partition coefficient (Wildman–Crippen LogP) is 0.488. The van der Waals surface area contributed by atoms with Gasteiger partial charge in [0.1, 0.15) is 0 Å². The van der Waals surface area contributed by atoms with E-state index in [1.54, 1.807) is 0 Å². The molecule has 3 heteroatoms. The predicted molar refractivity (Wildman–Crippen MR) is 20.7 cm³/mol. The van der Waals surface area contributed by atoms with E-state index in [4.69, 9.17) is 0 Å². The molecular formula is C3H3NO2. The van der Waals surface area contributed by atoms with Gasteiger partial charge in [0.2, 0.25) is 0 Å². The summed E-state index contributed by atoms with van der Waals surface area (Å²) in [7, 11) is 0. The van der Waals surface area contributed by atoms with Crippen LogP contribution in [0.3, 0.4) is 0 Å². The molecule has 0 fully saturated rings. The van der Waals surface area contributed by atoms with Crippen LogP contribution in [-0.2, 0) is 4.79 Å². The molecule has 0 rings (SSSR count). The fourth-order valence-corrected chi connectivity index (χ4v) is 0.0186. The highest BCUT2D eigenvalue weighted by Crippen LogP contribution is 1.79. The lowest BCUT2D eigenvalue weighted by molar-refractivity contribution is 0.567. The number of hydrogen-bond donors (Lipinski definition) is 0. The fourth-order valence-electron chi connectivity index (χ4n) is 0.0186. The first-order valence-electron chi connectivity index (χ1n) is 1.36. The van der Waals surface area contributed by atoms with E-state index >= 15 is 0 Å². The monoisotopic (exact) mass is 85.0 g/mol. The summed E-state index contributed by atoms with van der Waals surface area (Å²) >= 11 is 0. The van der Waals surface area contributed by atoms with Crippen LogP contribution in [0.2, 0.25) is 0 Å². The van der Waals surface area contributed by atoms with E-state index in [0.29, 0.717) is 0 Å². The summed E-state index contributed by atoms with van der Waals surface area (Å²) in [6, 6.07) is 0. The van der Waals surface area contributed by atoms with Gasteiger partial charge in [0, 0.05) is 0 Å². The second-order valence-electron chi connectivity index (χ2n) is 0.779. The fraction of sp³-hybridized carbons (Fsp3) is 0.333. The van der Waals surface area contributed by atoms with Crippen LogP contribution in [0.15, 0.2) is 10.9 Å². The molecule has 0 aromatic heterocycles. The van der Waals surface area contributed by atoms with Crippen molar-refractivity contribution in [3.05, 3.63) is 10.6 Å². The van der Waals surface area contributed by atoms with Gasteiger partial charge in [-0.05, 0) is 12.1 Å². The number of carbonyl (C=O) groups excluding carboxylic acids is 1. The van der Waals surface area contributed by atoms with Crippen LogP contribution >= 0.6 is 0 Å². The number of allylic oxidation sites excluding steroid dienone is 1. The summed E-state index contributed by atoms with van der Waals surface area (Å²) in [5, 5.41) is 2.25. The van der Waals surface area contributed by atoms with E-state index in [1.807, 2.05) is 0 Å². The molecule has 0 saturated carbocycles. The number of rotatable bonds is 1. The molecule has 0 amide bonds. The Kier molecular flexibility index (Phi) is 1.93. The van der Waals surface area contributed by atoms with E-state index in [1.165, 1.54) is 12.9 Å². The molecule has 6 heavy (non-hydrogen) atoms. The third-order valence-corrected chi connectivity index (χ3v) is 0.285. The SMILES string of the molecule is CC(=C=O)N=O. The standard InChI is InChI=1S/C3H3NO2/c1-3(2-5)4-6/h1H3. The van der Waals surface area contributed by atoms with Crippen molar-refractivity contribution in [1.29, 1.82) is 0 Å². The maximum Gasteiger partial charge on any atom is 0.165 e. The zero-order chi connectivity index (χ0) is 4.99. The lowest BCUT2D eigenvalue weighted by Gasteiger charge is -1.61. The summed E-state index contributed by atoms with van der Waals surface area (Å²) in [5.41, 5.74) is -0.144. The minimum absolute atomic E-state index is 0.144. The molecule has 3 nitrogen and oxygen atoms in total. The van der Waals surface area contributed by atoms with Crippen LogP contribution < -0.4 is 0 Å². The Balaban J connectivity index is 3.86. The van der Waals surface area contributed by atoms with Crippen molar-refractivity contribution in [2.75, 3.05) is 0 Å². The molecule has 0 heterocycles. The van der Waals surface area contributed by atoms with Crippen molar-refractivity contribution in [3.63, 3.8) is 0 Å². The molecule has 0 spiro atoms. The third kappa shape index (κ3) is 1.38. The minimum Gasteiger partial charge on any atom is -0.231 e. The number of nitroso groups, excluding NO2 is 1. The molecule has 0 aliphatic carbocycles. The molecule has 0 aromatic carbocycles. The second-order valence-corrected chi connectivity index (χ2v) is 0.779. The molecule has 32 valence electrons. The first-order valence-corrected chi connectivity index (χ1v) is 1.36. The van der Waals surface area contributed by atoms with Crippen molar-refractivity contribution in [3.8, 4) is 0 Å². The first kappa shape index (κ1) is 5.05. The van der Waals surface area contributed by atoms with Crippen LogP contribution in [0.5, 0.6) is 0 Å². The number of nitrogens with zero attached hydrogens (tertiary/aromatic N) is 1. The Hall–Kier alpha value is -0.950. The maximum atomic E-state index is 9.28. The zero-order valence-corrected chi connectivity index (χ0v) is 3.26. The highest BCUT2D eigenvalue weighted by Gasteiger charge is 1.76. The van der Waals surface area contributed by atoms with E-state index < -0.39 is 0 Å². The normalized spacial score (nSPS) is 6.17. The molecule has 0 aliphatic rings. The van der Waals surface area contributed by atoms with Crippen molar-refractivity contribution < 1.29 is 4.79 Å². The Labute approximate surface area is 34.6 Å². The van der Waals surface area contributed by atoms with Gasteiger partial charge in [-0.15, -0.1) is 4.91 Å². The Morgan fingerprint density at radius 3 is 2.33 bits per heavy atom. The summed E-state index contributed by atoms with van der Waals surface area (Å²) < 4.78 is 0. The van der Waals surface area contributed by atoms with Gasteiger partial charge >= 0.3 is 0 Å². The summed E-state index contributed by atoms with van der Waals surface area (Å²) in [5.74, 6) is 1.30. The zero-order valence-electron chi connectivity index (χ0n) is 3.26. The molecule has 0 unspecified atom stereocenters. The summed E-state index contributed by atoms with van der Waals surface area (Å²) in [6.45, 7) is 1.29. The van der Waals surface area contributed by atoms with Gasteiger partial charge in [0.25, 0.3) is 0 Å². The topological polar surface area (TPSA) is 46.5 Å². The highest BCUT2D eigenvalue weighted by atomic mass is 16.3. The molecule has 0 saturated heterocycles. The van der Waals surface area contributed by atoms with Gasteiger partial charge < -0.3 is 0 Å². The van der Waals surface area contributed by atoms with Crippen LogP contribution in [0.4, 0.5) is 0 Å². The van der Waals surface area contributed by atoms with E-state index in [-0.39, 0.29) is 5.70 Å². The van der Waals surface area contributed by atoms with Gasteiger partial charge in [-0.2, -0.15) is 0 Å². The third-order valence-electron chi connectivity index (χ3n) is 0.285. The molecule has 0 radical (unpaired) electrons. The van der Waals surface area contributed by atoms with Crippen LogP contribution in [-0.4, -0.2) is 5.94 Å². The summed E-state index contributed by atoms with van der Waals surface area (Å²) in [4.78, 5) is 18.5. The van der Waals surface area contributed by atoms with Gasteiger partial charge in [-0.1, -0.05) is 0 Å². The van der Waals surface area contributed by atoms with Crippen molar-refractivity contribution >= 4 is 5.94 Å². The average Bonchev–Trinajstić information content (AvgIpc) is 1.65. The first-order chi connectivity index (χ1) is 2.81. The second kappa shape index (κ2) is 2.30. The molecule has 0 aromatic rings. The van der Waals surface area contributed by atoms with Crippen molar-refractivity contribution in [2.45, 2.75) is 6.92 Å². The van der Waals surface area contributed by atoms with Crippen LogP contribution in [0, 0.1) is 4.91 Å². The Bertz CT molecular complexity index is 101. The van der Waals surface area contributed by atoms with Gasteiger partial charge in [0.15, 0.2) is 11.6 Å². The quantitative estimate of drug-likeness (QED) is 0.343. The minimum atomic E-state index is -0.144. The molecule has 0 atom stereocenters. The van der Waals surface area contributed by atoms with Crippen molar-refractivity contribution in [2.24, 2.45) is 5.18 Å². The Morgan fingerprint density at radius 1 is 1.83 bits per heavy atom. The number of hydrogen-bond acceptors (Lipinski definition) is 3. The van der Waals surface area contributed by atoms with Gasteiger partial charge in [-0.25, -0.2) is 4.79 Å². The lowest BCUT2D eigenvalue weighted by atomic mass is 10.6. The van der Waals surface area contributed by atoms with E-state index in [0.717, 1.165) is 0 Å². The van der Waals surface area contributed by atoms with Crippen LogP contribution in [0.25, 0.3) is 0 Å². The van der Waals surface area contributed by atoms with E-state index in [9.17, 15) is 9.70 Å². The molecule has 0 bridgehead atoms. The molecule has 0 aliphatic heterocycles. The van der Waals surface area contributed by atoms with Crippen molar-refractivity contribution in [1.82, 2.24) is 0 Å². The lowest BCUT2D eigenvalue weighted by Crippen LogP contribution is -1.60. The largest absolute Gasteiger partial charge is 0.231 e. The molecule has 0 N–H and O–H groups in total. The van der Waals surface area contributed by atoms with E-state index in [2.05, 4.69) is 5.18 Å². The molecular weight excluding hydrogens is 82.0 g/mol. The summed E-state index contributed by atoms with van der Waals surface area (Å²) in [6.07, 6.45) is 0. The maximum absolute atomic E-state index is 9.28. The highest BCUT2D eigenvalue weighted by molar-refractivity contribution is 5.50. The van der Waals surface area contributed by atoms with Gasteiger partial charge in [0.05, 0.1) is 0 Å². The smallest absolute Gasteiger partial charge is 0.165 e.